The molecule has 0 N–H and O–H groups in total. The number of rotatable bonds is 3. The van der Waals surface area contributed by atoms with Gasteiger partial charge in [0.25, 0.3) is 0 Å². The number of esters is 1. The zero-order chi connectivity index (χ0) is 13.8. The van der Waals surface area contributed by atoms with Crippen LogP contribution in [0.1, 0.15) is 35.4 Å². The Balaban J connectivity index is 2.29. The first-order valence-corrected chi connectivity index (χ1v) is 6.34. The molecule has 1 atom stereocenters. The van der Waals surface area contributed by atoms with E-state index in [0.717, 1.165) is 23.4 Å². The SMILES string of the molecule is COC(=O)c1cc(C2=C(Cl)CC(OC)CC2)ncn1. The molecule has 0 bridgehead atoms. The van der Waals surface area contributed by atoms with Crippen molar-refractivity contribution in [2.24, 2.45) is 0 Å². The first-order valence-electron chi connectivity index (χ1n) is 5.96. The Labute approximate surface area is 116 Å². The van der Waals surface area contributed by atoms with Crippen LogP contribution in [0.4, 0.5) is 0 Å². The van der Waals surface area contributed by atoms with Gasteiger partial charge in [0.1, 0.15) is 6.33 Å². The van der Waals surface area contributed by atoms with Gasteiger partial charge in [-0.25, -0.2) is 14.8 Å². The van der Waals surface area contributed by atoms with Crippen molar-refractivity contribution in [3.05, 3.63) is 28.8 Å². The molecule has 0 aliphatic heterocycles. The van der Waals surface area contributed by atoms with Crippen molar-refractivity contribution >= 4 is 23.1 Å². The van der Waals surface area contributed by atoms with Crippen LogP contribution in [0.5, 0.6) is 0 Å². The number of carbonyl (C=O) groups excluding carboxylic acids is 1. The number of hydrogen-bond donors (Lipinski definition) is 0. The van der Waals surface area contributed by atoms with Crippen LogP contribution in [0.2, 0.25) is 0 Å². The third kappa shape index (κ3) is 3.11. The van der Waals surface area contributed by atoms with Crippen molar-refractivity contribution in [3.63, 3.8) is 0 Å². The van der Waals surface area contributed by atoms with E-state index in [0.29, 0.717) is 12.1 Å². The van der Waals surface area contributed by atoms with Crippen LogP contribution in [-0.4, -0.2) is 36.3 Å². The second-order valence-electron chi connectivity index (χ2n) is 4.26. The molecule has 5 nitrogen and oxygen atoms in total. The zero-order valence-electron chi connectivity index (χ0n) is 10.9. The average molecular weight is 283 g/mol. The molecule has 19 heavy (non-hydrogen) atoms. The second-order valence-corrected chi connectivity index (χ2v) is 4.72. The Morgan fingerprint density at radius 3 is 2.84 bits per heavy atom. The van der Waals surface area contributed by atoms with Crippen molar-refractivity contribution in [2.45, 2.75) is 25.4 Å². The summed E-state index contributed by atoms with van der Waals surface area (Å²) in [6, 6.07) is 1.61. The molecule has 0 amide bonds. The molecule has 102 valence electrons. The molecular formula is C13H15ClN2O3. The molecule has 1 unspecified atom stereocenters. The molecule has 1 aromatic heterocycles. The molecule has 1 aromatic rings. The highest BCUT2D eigenvalue weighted by molar-refractivity contribution is 6.32. The molecule has 0 saturated carbocycles. The van der Waals surface area contributed by atoms with E-state index in [-0.39, 0.29) is 11.8 Å². The summed E-state index contributed by atoms with van der Waals surface area (Å²) in [6.45, 7) is 0. The molecule has 0 aromatic carbocycles. The highest BCUT2D eigenvalue weighted by atomic mass is 35.5. The minimum Gasteiger partial charge on any atom is -0.464 e. The maximum absolute atomic E-state index is 11.4. The van der Waals surface area contributed by atoms with Gasteiger partial charge in [-0.15, -0.1) is 0 Å². The monoisotopic (exact) mass is 282 g/mol. The summed E-state index contributed by atoms with van der Waals surface area (Å²) in [5, 5.41) is 0.729. The third-order valence-corrected chi connectivity index (χ3v) is 3.54. The summed E-state index contributed by atoms with van der Waals surface area (Å²) in [5.41, 5.74) is 1.86. The lowest BCUT2D eigenvalue weighted by Crippen LogP contribution is -2.16. The van der Waals surface area contributed by atoms with Crippen LogP contribution < -0.4 is 0 Å². The lowest BCUT2D eigenvalue weighted by atomic mass is 9.94. The van der Waals surface area contributed by atoms with Gasteiger partial charge in [0, 0.05) is 18.6 Å². The summed E-state index contributed by atoms with van der Waals surface area (Å²) in [5.74, 6) is -0.481. The van der Waals surface area contributed by atoms with E-state index in [4.69, 9.17) is 16.3 Å². The zero-order valence-corrected chi connectivity index (χ0v) is 11.6. The highest BCUT2D eigenvalue weighted by Crippen LogP contribution is 2.34. The molecule has 1 heterocycles. The van der Waals surface area contributed by atoms with Gasteiger partial charge < -0.3 is 9.47 Å². The van der Waals surface area contributed by atoms with Gasteiger partial charge in [0.2, 0.25) is 0 Å². The number of methoxy groups -OCH3 is 2. The first-order chi connectivity index (χ1) is 9.15. The van der Waals surface area contributed by atoms with Crippen LogP contribution in [0.15, 0.2) is 17.4 Å². The molecule has 2 rings (SSSR count). The van der Waals surface area contributed by atoms with Crippen molar-refractivity contribution < 1.29 is 14.3 Å². The third-order valence-electron chi connectivity index (χ3n) is 3.15. The van der Waals surface area contributed by atoms with Crippen molar-refractivity contribution in [3.8, 4) is 0 Å². The molecule has 1 aliphatic carbocycles. The first kappa shape index (κ1) is 14.0. The number of allylic oxidation sites excluding steroid dienone is 1. The van der Waals surface area contributed by atoms with Crippen LogP contribution in [-0.2, 0) is 9.47 Å². The Kier molecular flexibility index (Phi) is 4.50. The van der Waals surface area contributed by atoms with Crippen LogP contribution in [0, 0.1) is 0 Å². The number of nitrogens with zero attached hydrogens (tertiary/aromatic N) is 2. The predicted molar refractivity (Wildman–Crippen MR) is 70.8 cm³/mol. The maximum atomic E-state index is 11.4. The molecular weight excluding hydrogens is 268 g/mol. The van der Waals surface area contributed by atoms with Crippen LogP contribution in [0.3, 0.4) is 0 Å². The smallest absolute Gasteiger partial charge is 0.356 e. The fraction of sp³-hybridized carbons (Fsp3) is 0.462. The normalized spacial score (nSPS) is 19.4. The number of aromatic nitrogens is 2. The van der Waals surface area contributed by atoms with Crippen LogP contribution >= 0.6 is 11.6 Å². The van der Waals surface area contributed by atoms with E-state index >= 15 is 0 Å². The summed E-state index contributed by atoms with van der Waals surface area (Å²) in [7, 11) is 3.00. The molecule has 6 heteroatoms. The number of ether oxygens (including phenoxy) is 2. The standard InChI is InChI=1S/C13H15ClN2O3/c1-18-8-3-4-9(10(14)5-8)11-6-12(13(17)19-2)16-7-15-11/h6-8H,3-5H2,1-2H3. The van der Waals surface area contributed by atoms with Crippen molar-refractivity contribution in [1.29, 1.82) is 0 Å². The van der Waals surface area contributed by atoms with Gasteiger partial charge in [-0.1, -0.05) is 11.6 Å². The Hall–Kier alpha value is -1.46. The molecule has 0 radical (unpaired) electrons. The largest absolute Gasteiger partial charge is 0.464 e. The van der Waals surface area contributed by atoms with Crippen molar-refractivity contribution in [1.82, 2.24) is 9.97 Å². The lowest BCUT2D eigenvalue weighted by molar-refractivity contribution is 0.0593. The van der Waals surface area contributed by atoms with Gasteiger partial charge in [0.05, 0.1) is 18.9 Å². The Morgan fingerprint density at radius 1 is 1.42 bits per heavy atom. The Bertz CT molecular complexity index is 516. The maximum Gasteiger partial charge on any atom is 0.356 e. The van der Waals surface area contributed by atoms with Crippen molar-refractivity contribution in [2.75, 3.05) is 14.2 Å². The van der Waals surface area contributed by atoms with E-state index in [2.05, 4.69) is 14.7 Å². The van der Waals surface area contributed by atoms with Crippen LogP contribution in [0.25, 0.3) is 5.57 Å². The summed E-state index contributed by atoms with van der Waals surface area (Å²) in [4.78, 5) is 19.5. The fourth-order valence-electron chi connectivity index (χ4n) is 2.07. The quantitative estimate of drug-likeness (QED) is 0.797. The Morgan fingerprint density at radius 2 is 2.21 bits per heavy atom. The van der Waals surface area contributed by atoms with Gasteiger partial charge in [-0.05, 0) is 24.5 Å². The summed E-state index contributed by atoms with van der Waals surface area (Å²) in [6.07, 6.45) is 3.83. The number of hydrogen-bond acceptors (Lipinski definition) is 5. The lowest BCUT2D eigenvalue weighted by Gasteiger charge is -2.23. The fourth-order valence-corrected chi connectivity index (χ4v) is 2.44. The molecule has 0 spiro atoms. The topological polar surface area (TPSA) is 61.3 Å². The van der Waals surface area contributed by atoms with E-state index in [1.165, 1.54) is 13.4 Å². The van der Waals surface area contributed by atoms with E-state index in [9.17, 15) is 4.79 Å². The van der Waals surface area contributed by atoms with E-state index in [1.54, 1.807) is 13.2 Å². The summed E-state index contributed by atoms with van der Waals surface area (Å²) < 4.78 is 9.94. The molecule has 0 saturated heterocycles. The van der Waals surface area contributed by atoms with Gasteiger partial charge in [-0.3, -0.25) is 0 Å². The van der Waals surface area contributed by atoms with E-state index < -0.39 is 5.97 Å². The summed E-state index contributed by atoms with van der Waals surface area (Å²) >= 11 is 6.28. The minimum atomic E-state index is -0.481. The predicted octanol–water partition coefficient (Wildman–Crippen LogP) is 2.41. The average Bonchev–Trinajstić information content (AvgIpc) is 2.46. The number of carbonyl (C=O) groups is 1. The minimum absolute atomic E-state index is 0.151. The van der Waals surface area contributed by atoms with Gasteiger partial charge in [-0.2, -0.15) is 0 Å². The highest BCUT2D eigenvalue weighted by Gasteiger charge is 2.22. The second kappa shape index (κ2) is 6.12. The van der Waals surface area contributed by atoms with Gasteiger partial charge in [0.15, 0.2) is 5.69 Å². The molecule has 1 aliphatic rings. The molecule has 0 fully saturated rings. The van der Waals surface area contributed by atoms with Gasteiger partial charge >= 0.3 is 5.97 Å². The van der Waals surface area contributed by atoms with E-state index in [1.807, 2.05) is 0 Å². The number of halogens is 1.